The predicted octanol–water partition coefficient (Wildman–Crippen LogP) is 2.31. The maximum absolute atomic E-state index is 13.0. The van der Waals surface area contributed by atoms with Gasteiger partial charge in [0.1, 0.15) is 65.5 Å². The zero-order valence-corrected chi connectivity index (χ0v) is 23.5. The molecule has 1 aromatic heterocycles. The second kappa shape index (κ2) is 12.6. The van der Waals surface area contributed by atoms with E-state index in [9.17, 15) is 45.3 Å². The summed E-state index contributed by atoms with van der Waals surface area (Å²) in [5, 5.41) is 72.7. The predicted molar refractivity (Wildman–Crippen MR) is 153 cm³/mol. The van der Waals surface area contributed by atoms with Crippen LogP contribution in [-0.2, 0) is 14.3 Å². The van der Waals surface area contributed by atoms with Gasteiger partial charge in [-0.15, -0.1) is 6.58 Å². The summed E-state index contributed by atoms with van der Waals surface area (Å²) in [4.78, 5) is 25.6. The van der Waals surface area contributed by atoms with E-state index in [1.165, 1.54) is 37.3 Å². The number of carbonyl (C=O) groups excluding carboxylic acids is 1. The Kier molecular flexibility index (Phi) is 9.28. The molecule has 0 amide bonds. The molecule has 0 radical (unpaired) electrons. The first-order valence-corrected chi connectivity index (χ1v) is 13.5. The number of aliphatic hydroxyl groups excluding tert-OH is 3. The van der Waals surface area contributed by atoms with Crippen molar-refractivity contribution in [3.8, 4) is 28.6 Å². The Morgan fingerprint density at radius 2 is 1.72 bits per heavy atom. The van der Waals surface area contributed by atoms with Gasteiger partial charge in [-0.1, -0.05) is 12.2 Å². The minimum absolute atomic E-state index is 0.00280. The van der Waals surface area contributed by atoms with Crippen LogP contribution in [-0.4, -0.2) is 78.3 Å². The Morgan fingerprint density at radius 3 is 2.37 bits per heavy atom. The third-order valence-corrected chi connectivity index (χ3v) is 7.39. The number of ether oxygens (including phenoxy) is 2. The molecule has 4 rings (SSSR count). The van der Waals surface area contributed by atoms with Crippen LogP contribution in [0.25, 0.3) is 22.3 Å². The third-order valence-electron chi connectivity index (χ3n) is 7.39. The van der Waals surface area contributed by atoms with Crippen molar-refractivity contribution in [1.82, 2.24) is 0 Å². The van der Waals surface area contributed by atoms with Gasteiger partial charge in [0, 0.05) is 23.3 Å². The largest absolute Gasteiger partial charge is 0.508 e. The van der Waals surface area contributed by atoms with Crippen LogP contribution in [0.1, 0.15) is 38.4 Å². The number of hydrogen-bond donors (Lipinski definition) is 7. The average Bonchev–Trinajstić information content (AvgIpc) is 2.96. The minimum Gasteiger partial charge on any atom is -0.508 e. The van der Waals surface area contributed by atoms with Crippen LogP contribution in [0, 0.1) is 0 Å². The Bertz CT molecular complexity index is 1590. The fourth-order valence-electron chi connectivity index (χ4n) is 4.73. The van der Waals surface area contributed by atoms with Crippen LogP contribution in [0.15, 0.2) is 69.9 Å². The zero-order chi connectivity index (χ0) is 31.6. The van der Waals surface area contributed by atoms with Gasteiger partial charge in [-0.3, -0.25) is 4.79 Å². The Labute approximate surface area is 246 Å². The van der Waals surface area contributed by atoms with Gasteiger partial charge in [-0.2, -0.15) is 0 Å². The fraction of sp³-hybridized carbons (Fsp3) is 0.355. The van der Waals surface area contributed by atoms with Gasteiger partial charge in [0.2, 0.25) is 0 Å². The summed E-state index contributed by atoms with van der Waals surface area (Å²) in [5.41, 5.74) is -1.88. The van der Waals surface area contributed by atoms with Gasteiger partial charge in [-0.25, -0.2) is 4.79 Å². The molecule has 1 saturated heterocycles. The van der Waals surface area contributed by atoms with Crippen LogP contribution in [0.5, 0.6) is 17.2 Å². The molecule has 0 saturated carbocycles. The van der Waals surface area contributed by atoms with E-state index in [0.717, 1.165) is 12.1 Å². The van der Waals surface area contributed by atoms with Crippen LogP contribution >= 0.6 is 0 Å². The number of phenols is 3. The van der Waals surface area contributed by atoms with Crippen LogP contribution in [0.3, 0.4) is 0 Å². The average molecular weight is 599 g/mol. The summed E-state index contributed by atoms with van der Waals surface area (Å²) >= 11 is 0. The van der Waals surface area contributed by atoms with E-state index in [1.807, 2.05) is 0 Å². The molecule has 2 heterocycles. The van der Waals surface area contributed by atoms with E-state index in [1.54, 1.807) is 13.0 Å². The van der Waals surface area contributed by atoms with Crippen molar-refractivity contribution in [1.29, 1.82) is 0 Å². The quantitative estimate of drug-likeness (QED) is 0.108. The minimum atomic E-state index is -1.84. The highest BCUT2D eigenvalue weighted by Crippen LogP contribution is 2.43. The van der Waals surface area contributed by atoms with E-state index in [-0.39, 0.29) is 33.6 Å². The van der Waals surface area contributed by atoms with E-state index in [2.05, 4.69) is 6.58 Å². The van der Waals surface area contributed by atoms with Crippen LogP contribution in [0.2, 0.25) is 0 Å². The van der Waals surface area contributed by atoms with Crippen molar-refractivity contribution in [2.45, 2.75) is 62.8 Å². The highest BCUT2D eigenvalue weighted by molar-refractivity contribution is 5.90. The molecule has 0 unspecified atom stereocenters. The van der Waals surface area contributed by atoms with Crippen molar-refractivity contribution in [2.75, 3.05) is 6.61 Å². The van der Waals surface area contributed by atoms with Gasteiger partial charge in [0.15, 0.2) is 11.0 Å². The first-order valence-electron chi connectivity index (χ1n) is 13.5. The van der Waals surface area contributed by atoms with Crippen molar-refractivity contribution in [3.63, 3.8) is 0 Å². The number of benzene rings is 2. The van der Waals surface area contributed by atoms with E-state index < -0.39 is 65.6 Å². The van der Waals surface area contributed by atoms with E-state index in [4.69, 9.17) is 13.9 Å². The number of allylic oxidation sites excluding steroid dienone is 1. The molecule has 1 aliphatic heterocycles. The number of aliphatic hydroxyl groups is 4. The van der Waals surface area contributed by atoms with Gasteiger partial charge in [-0.05, 0) is 51.0 Å². The molecule has 2 aromatic carbocycles. The lowest BCUT2D eigenvalue weighted by Gasteiger charge is -2.40. The monoisotopic (exact) mass is 598 g/mol. The summed E-state index contributed by atoms with van der Waals surface area (Å²) in [6.45, 7) is 6.06. The SMILES string of the molecule is C=C[C@](C)(O)CC/C=C(\C)C(=O)OC[C@H]1O[C@H](c2c(O)cc(O)c3c(=O)cc(-c4ccc(O)cc4)oc23)[C@H](O)[C@@H](O)[C@@H]1O. The fourth-order valence-corrected chi connectivity index (χ4v) is 4.73. The molecular formula is C31H34O12. The summed E-state index contributed by atoms with van der Waals surface area (Å²) in [6.07, 6.45) is -4.78. The van der Waals surface area contributed by atoms with Crippen molar-refractivity contribution < 1.29 is 54.4 Å². The number of phenolic OH excluding ortho intramolecular Hbond substituents is 3. The van der Waals surface area contributed by atoms with Crippen LogP contribution in [0.4, 0.5) is 0 Å². The molecule has 1 fully saturated rings. The molecule has 0 spiro atoms. The topological polar surface area (TPSA) is 207 Å². The molecule has 12 nitrogen and oxygen atoms in total. The molecule has 0 bridgehead atoms. The van der Waals surface area contributed by atoms with Crippen molar-refractivity contribution >= 4 is 16.9 Å². The number of hydrogen-bond acceptors (Lipinski definition) is 12. The first-order chi connectivity index (χ1) is 20.2. The molecule has 230 valence electrons. The number of esters is 1. The summed E-state index contributed by atoms with van der Waals surface area (Å²) in [7, 11) is 0. The second-order valence-corrected chi connectivity index (χ2v) is 10.7. The maximum atomic E-state index is 13.0. The molecule has 7 N–H and O–H groups in total. The molecule has 6 atom stereocenters. The Morgan fingerprint density at radius 1 is 1.05 bits per heavy atom. The molecule has 12 heteroatoms. The van der Waals surface area contributed by atoms with Gasteiger partial charge in [0.05, 0.1) is 11.2 Å². The smallest absolute Gasteiger partial charge is 0.333 e. The molecule has 1 aliphatic rings. The number of carbonyl (C=O) groups is 1. The Balaban J connectivity index is 1.65. The van der Waals surface area contributed by atoms with E-state index in [0.29, 0.717) is 18.4 Å². The van der Waals surface area contributed by atoms with Gasteiger partial charge < -0.3 is 49.6 Å². The molecular weight excluding hydrogens is 564 g/mol. The standard InChI is InChI=1S/C31H34O12/c1-4-31(3,40)11-5-6-15(2)30(39)41-14-22-25(36)26(37)27(38)29(43-22)24-19(34)12-18(33)23-20(35)13-21(42-28(23)24)16-7-9-17(32)10-8-16/h4,6-10,12-13,22,25-27,29,32-34,36-38,40H,1,5,11,14H2,2-3H3/b15-6+/t22-,25-,26+,27-,29-,31+/m1/s1. The van der Waals surface area contributed by atoms with Crippen molar-refractivity contribution in [3.05, 3.63) is 76.5 Å². The molecule has 0 aliphatic carbocycles. The highest BCUT2D eigenvalue weighted by atomic mass is 16.6. The lowest BCUT2D eigenvalue weighted by Crippen LogP contribution is -2.55. The van der Waals surface area contributed by atoms with Crippen molar-refractivity contribution in [2.24, 2.45) is 0 Å². The lowest BCUT2D eigenvalue weighted by molar-refractivity contribution is -0.234. The normalized spacial score (nSPS) is 24.0. The summed E-state index contributed by atoms with van der Waals surface area (Å²) in [6, 6.07) is 7.62. The number of aromatic hydroxyl groups is 3. The second-order valence-electron chi connectivity index (χ2n) is 10.7. The molecule has 43 heavy (non-hydrogen) atoms. The lowest BCUT2D eigenvalue weighted by atomic mass is 9.89. The molecule has 3 aromatic rings. The number of fused-ring (bicyclic) bond motifs is 1. The first kappa shape index (κ1) is 31.7. The van der Waals surface area contributed by atoms with Gasteiger partial charge in [0.25, 0.3) is 0 Å². The summed E-state index contributed by atoms with van der Waals surface area (Å²) in [5.74, 6) is -2.05. The maximum Gasteiger partial charge on any atom is 0.333 e. The van der Waals surface area contributed by atoms with Gasteiger partial charge >= 0.3 is 5.97 Å². The number of rotatable bonds is 9. The summed E-state index contributed by atoms with van der Waals surface area (Å²) < 4.78 is 17.0. The Hall–Kier alpha value is -4.20. The van der Waals surface area contributed by atoms with E-state index >= 15 is 0 Å². The zero-order valence-electron chi connectivity index (χ0n) is 23.5. The third kappa shape index (κ3) is 6.74. The van der Waals surface area contributed by atoms with Crippen LogP contribution < -0.4 is 5.43 Å². The highest BCUT2D eigenvalue weighted by Gasteiger charge is 2.46.